The van der Waals surface area contributed by atoms with E-state index in [1.165, 1.54) is 4.88 Å². The lowest BCUT2D eigenvalue weighted by Crippen LogP contribution is -2.23. The summed E-state index contributed by atoms with van der Waals surface area (Å²) >= 11 is 5.17. The molecule has 0 aliphatic carbocycles. The van der Waals surface area contributed by atoms with Crippen LogP contribution in [0, 0.1) is 6.92 Å². The van der Waals surface area contributed by atoms with E-state index in [4.69, 9.17) is 0 Å². The zero-order chi connectivity index (χ0) is 13.7. The second-order valence-electron chi connectivity index (χ2n) is 4.46. The molecule has 0 aromatic carbocycles. The maximum atomic E-state index is 4.46. The summed E-state index contributed by atoms with van der Waals surface area (Å²) in [6.07, 6.45) is 5.85. The highest BCUT2D eigenvalue weighted by molar-refractivity contribution is 9.10. The molecule has 19 heavy (non-hydrogen) atoms. The van der Waals surface area contributed by atoms with Gasteiger partial charge in [0.2, 0.25) is 0 Å². The number of thiazole rings is 1. The van der Waals surface area contributed by atoms with Gasteiger partial charge >= 0.3 is 0 Å². The Kier molecular flexibility index (Phi) is 5.48. The van der Waals surface area contributed by atoms with Crippen molar-refractivity contribution in [2.45, 2.75) is 32.7 Å². The number of aryl methyl sites for hydroxylation is 1. The zero-order valence-electron chi connectivity index (χ0n) is 11.2. The number of nitrogens with zero attached hydrogens (tertiary/aromatic N) is 2. The first-order chi connectivity index (χ1) is 9.19. The fourth-order valence-electron chi connectivity index (χ4n) is 1.87. The maximum absolute atomic E-state index is 4.46. The van der Waals surface area contributed by atoms with Crippen molar-refractivity contribution in [2.24, 2.45) is 0 Å². The first-order valence-electron chi connectivity index (χ1n) is 6.45. The van der Waals surface area contributed by atoms with E-state index in [1.54, 1.807) is 11.3 Å². The summed E-state index contributed by atoms with van der Waals surface area (Å²) in [6, 6.07) is 4.41. The summed E-state index contributed by atoms with van der Waals surface area (Å²) in [5, 5.41) is 4.69. The Labute approximate surface area is 126 Å². The van der Waals surface area contributed by atoms with Gasteiger partial charge in [0, 0.05) is 39.9 Å². The molecule has 0 fully saturated rings. The Morgan fingerprint density at radius 3 is 2.74 bits per heavy atom. The molecule has 0 bridgehead atoms. The van der Waals surface area contributed by atoms with E-state index in [0.717, 1.165) is 34.6 Å². The first-order valence-corrected chi connectivity index (χ1v) is 8.06. The standard InChI is InChI=1S/C14H18BrN3S/c1-3-6-16-13(14-9-17-10(2)19-14)7-12-5-4-11(15)8-18-12/h4-5,8-9,13,16H,3,6-7H2,1-2H3. The molecule has 2 heterocycles. The van der Waals surface area contributed by atoms with Crippen LogP contribution < -0.4 is 5.32 Å². The van der Waals surface area contributed by atoms with Gasteiger partial charge in [-0.25, -0.2) is 4.98 Å². The van der Waals surface area contributed by atoms with Crippen molar-refractivity contribution in [2.75, 3.05) is 6.54 Å². The second-order valence-corrected chi connectivity index (χ2v) is 6.64. The molecule has 2 aromatic rings. The molecule has 0 aliphatic rings. The van der Waals surface area contributed by atoms with Gasteiger partial charge in [-0.05, 0) is 48.0 Å². The molecule has 3 nitrogen and oxygen atoms in total. The van der Waals surface area contributed by atoms with E-state index in [2.05, 4.69) is 44.2 Å². The van der Waals surface area contributed by atoms with Gasteiger partial charge in [-0.1, -0.05) is 6.92 Å². The van der Waals surface area contributed by atoms with Crippen LogP contribution in [0.4, 0.5) is 0 Å². The summed E-state index contributed by atoms with van der Waals surface area (Å²) in [6.45, 7) is 5.24. The monoisotopic (exact) mass is 339 g/mol. The van der Waals surface area contributed by atoms with Crippen LogP contribution in [-0.2, 0) is 6.42 Å². The van der Waals surface area contributed by atoms with Crippen molar-refractivity contribution >= 4 is 27.3 Å². The van der Waals surface area contributed by atoms with E-state index in [9.17, 15) is 0 Å². The van der Waals surface area contributed by atoms with Crippen molar-refractivity contribution in [1.82, 2.24) is 15.3 Å². The summed E-state index contributed by atoms with van der Waals surface area (Å²) < 4.78 is 1.02. The van der Waals surface area contributed by atoms with Gasteiger partial charge in [0.05, 0.1) is 5.01 Å². The minimum absolute atomic E-state index is 0.305. The van der Waals surface area contributed by atoms with Gasteiger partial charge in [0.15, 0.2) is 0 Å². The number of hydrogen-bond acceptors (Lipinski definition) is 4. The summed E-state index contributed by atoms with van der Waals surface area (Å²) in [7, 11) is 0. The molecule has 102 valence electrons. The number of aromatic nitrogens is 2. The molecule has 1 N–H and O–H groups in total. The Morgan fingerprint density at radius 1 is 1.32 bits per heavy atom. The SMILES string of the molecule is CCCNC(Cc1ccc(Br)cn1)c1cnc(C)s1. The highest BCUT2D eigenvalue weighted by Gasteiger charge is 2.14. The lowest BCUT2D eigenvalue weighted by atomic mass is 10.1. The number of hydrogen-bond donors (Lipinski definition) is 1. The third kappa shape index (κ3) is 4.37. The average molecular weight is 340 g/mol. The molecule has 0 radical (unpaired) electrons. The van der Waals surface area contributed by atoms with Gasteiger partial charge in [-0.3, -0.25) is 4.98 Å². The van der Waals surface area contributed by atoms with E-state index in [-0.39, 0.29) is 0 Å². The molecule has 0 saturated heterocycles. The summed E-state index contributed by atoms with van der Waals surface area (Å²) in [5.74, 6) is 0. The molecule has 0 amide bonds. The van der Waals surface area contributed by atoms with E-state index in [1.807, 2.05) is 25.4 Å². The third-order valence-corrected chi connectivity index (χ3v) is 4.32. The summed E-state index contributed by atoms with van der Waals surface area (Å²) in [5.41, 5.74) is 1.10. The lowest BCUT2D eigenvalue weighted by Gasteiger charge is -2.16. The molecular formula is C14H18BrN3S. The van der Waals surface area contributed by atoms with Crippen molar-refractivity contribution in [3.8, 4) is 0 Å². The second kappa shape index (κ2) is 7.12. The molecule has 2 rings (SSSR count). The maximum Gasteiger partial charge on any atom is 0.0897 e. The van der Waals surface area contributed by atoms with Crippen molar-refractivity contribution < 1.29 is 0 Å². The average Bonchev–Trinajstić information content (AvgIpc) is 2.83. The topological polar surface area (TPSA) is 37.8 Å². The molecule has 1 atom stereocenters. The lowest BCUT2D eigenvalue weighted by molar-refractivity contribution is 0.531. The van der Waals surface area contributed by atoms with E-state index >= 15 is 0 Å². The quantitative estimate of drug-likeness (QED) is 0.867. The highest BCUT2D eigenvalue weighted by atomic mass is 79.9. The van der Waals surface area contributed by atoms with Crippen molar-refractivity contribution in [3.63, 3.8) is 0 Å². The molecule has 0 saturated carbocycles. The van der Waals surface area contributed by atoms with Crippen LogP contribution in [0.15, 0.2) is 29.0 Å². The third-order valence-electron chi connectivity index (χ3n) is 2.83. The van der Waals surface area contributed by atoms with Crippen LogP contribution in [0.25, 0.3) is 0 Å². The van der Waals surface area contributed by atoms with Crippen molar-refractivity contribution in [1.29, 1.82) is 0 Å². The molecular weight excluding hydrogens is 322 g/mol. The predicted molar refractivity (Wildman–Crippen MR) is 83.5 cm³/mol. The molecule has 0 spiro atoms. The first kappa shape index (κ1) is 14.6. The van der Waals surface area contributed by atoms with Crippen molar-refractivity contribution in [3.05, 3.63) is 44.6 Å². The van der Waals surface area contributed by atoms with E-state index < -0.39 is 0 Å². The minimum atomic E-state index is 0.305. The van der Waals surface area contributed by atoms with Crippen LogP contribution in [0.3, 0.4) is 0 Å². The Morgan fingerprint density at radius 2 is 2.16 bits per heavy atom. The van der Waals surface area contributed by atoms with Crippen LogP contribution >= 0.6 is 27.3 Å². The smallest absolute Gasteiger partial charge is 0.0897 e. The van der Waals surface area contributed by atoms with Gasteiger partial charge in [-0.15, -0.1) is 11.3 Å². The Bertz CT molecular complexity index is 510. The predicted octanol–water partition coefficient (Wildman–Crippen LogP) is 3.89. The molecule has 5 heteroatoms. The molecule has 0 aliphatic heterocycles. The minimum Gasteiger partial charge on any atom is -0.309 e. The highest BCUT2D eigenvalue weighted by Crippen LogP contribution is 2.23. The fraction of sp³-hybridized carbons (Fsp3) is 0.429. The van der Waals surface area contributed by atoms with E-state index in [0.29, 0.717) is 6.04 Å². The number of nitrogens with one attached hydrogen (secondary N) is 1. The zero-order valence-corrected chi connectivity index (χ0v) is 13.6. The molecule has 1 unspecified atom stereocenters. The number of pyridine rings is 1. The largest absolute Gasteiger partial charge is 0.309 e. The van der Waals surface area contributed by atoms with Crippen LogP contribution in [-0.4, -0.2) is 16.5 Å². The number of halogens is 1. The normalized spacial score (nSPS) is 12.6. The van der Waals surface area contributed by atoms with Crippen LogP contribution in [0.1, 0.15) is 35.0 Å². The number of rotatable bonds is 6. The molecule has 2 aromatic heterocycles. The van der Waals surface area contributed by atoms with Crippen LogP contribution in [0.2, 0.25) is 0 Å². The van der Waals surface area contributed by atoms with Crippen LogP contribution in [0.5, 0.6) is 0 Å². The summed E-state index contributed by atoms with van der Waals surface area (Å²) in [4.78, 5) is 10.1. The Hall–Kier alpha value is -0.780. The van der Waals surface area contributed by atoms with Gasteiger partial charge in [0.25, 0.3) is 0 Å². The van der Waals surface area contributed by atoms with Gasteiger partial charge < -0.3 is 5.32 Å². The van der Waals surface area contributed by atoms with Gasteiger partial charge in [0.1, 0.15) is 0 Å². The fourth-order valence-corrected chi connectivity index (χ4v) is 2.96. The van der Waals surface area contributed by atoms with Gasteiger partial charge in [-0.2, -0.15) is 0 Å². The Balaban J connectivity index is 2.11.